The Morgan fingerprint density at radius 1 is 0.943 bits per heavy atom. The van der Waals surface area contributed by atoms with Crippen LogP contribution in [0.15, 0.2) is 54.6 Å². The molecule has 2 atom stereocenters. The van der Waals surface area contributed by atoms with E-state index < -0.39 is 6.17 Å². The largest absolute Gasteiger partial charge is 0.351 e. The van der Waals surface area contributed by atoms with Crippen LogP contribution in [-0.2, 0) is 9.59 Å². The number of rotatable bonds is 7. The van der Waals surface area contributed by atoms with E-state index in [-0.39, 0.29) is 42.6 Å². The first kappa shape index (κ1) is 24.9. The molecule has 0 spiro atoms. The number of nitrogens with zero attached hydrogens (tertiary/aromatic N) is 2. The molecule has 0 bridgehead atoms. The Morgan fingerprint density at radius 3 is 2.26 bits per heavy atom. The lowest BCUT2D eigenvalue weighted by Gasteiger charge is -2.44. The molecule has 2 aliphatic rings. The average Bonchev–Trinajstić information content (AvgIpc) is 3.42. The summed E-state index contributed by atoms with van der Waals surface area (Å²) in [6.45, 7) is 3.39. The number of hydrogen-bond acceptors (Lipinski definition) is 4. The molecule has 2 aromatic rings. The van der Waals surface area contributed by atoms with Gasteiger partial charge in [-0.25, -0.2) is 0 Å². The van der Waals surface area contributed by atoms with E-state index in [4.69, 9.17) is 5.73 Å². The molecular formula is C28H36N4O3. The van der Waals surface area contributed by atoms with Crippen molar-refractivity contribution >= 4 is 17.7 Å². The summed E-state index contributed by atoms with van der Waals surface area (Å²) in [4.78, 5) is 44.3. The third-order valence-electron chi connectivity index (χ3n) is 7.20. The minimum atomic E-state index is -0.996. The fourth-order valence-electron chi connectivity index (χ4n) is 5.45. The van der Waals surface area contributed by atoms with Crippen LogP contribution in [-0.4, -0.2) is 59.9 Å². The number of amides is 3. The van der Waals surface area contributed by atoms with Gasteiger partial charge in [-0.2, -0.15) is 0 Å². The van der Waals surface area contributed by atoms with Crippen molar-refractivity contribution in [3.05, 3.63) is 71.3 Å². The minimum Gasteiger partial charge on any atom is -0.351 e. The van der Waals surface area contributed by atoms with E-state index in [2.05, 4.69) is 5.32 Å². The number of benzene rings is 2. The van der Waals surface area contributed by atoms with Crippen LogP contribution in [0.1, 0.15) is 59.5 Å². The molecule has 2 aromatic carbocycles. The minimum absolute atomic E-state index is 0.0718. The molecule has 1 saturated heterocycles. The van der Waals surface area contributed by atoms with Gasteiger partial charge in [0.1, 0.15) is 0 Å². The average molecular weight is 477 g/mol. The number of nitrogens with one attached hydrogen (secondary N) is 1. The van der Waals surface area contributed by atoms with Crippen molar-refractivity contribution in [3.63, 3.8) is 0 Å². The Morgan fingerprint density at radius 2 is 1.60 bits per heavy atom. The fourth-order valence-corrected chi connectivity index (χ4v) is 5.45. The predicted molar refractivity (Wildman–Crippen MR) is 136 cm³/mol. The molecule has 1 aliphatic heterocycles. The van der Waals surface area contributed by atoms with Crippen LogP contribution < -0.4 is 11.1 Å². The zero-order valence-corrected chi connectivity index (χ0v) is 20.5. The van der Waals surface area contributed by atoms with Crippen molar-refractivity contribution in [2.24, 2.45) is 11.7 Å². The van der Waals surface area contributed by atoms with Gasteiger partial charge >= 0.3 is 0 Å². The molecule has 1 heterocycles. The molecule has 2 fully saturated rings. The predicted octanol–water partition coefficient (Wildman–Crippen LogP) is 3.04. The second-order valence-electron chi connectivity index (χ2n) is 9.64. The zero-order chi connectivity index (χ0) is 24.8. The third-order valence-corrected chi connectivity index (χ3v) is 7.20. The molecule has 186 valence electrons. The number of hydrogen-bond donors (Lipinski definition) is 2. The SMILES string of the molecule is Cc1ccc(C(=O)N2CCCN(C(=O)C(c3ccccc3)C3CCCC3)C2C(=O)NCCN)cc1. The summed E-state index contributed by atoms with van der Waals surface area (Å²) in [5.41, 5.74) is 8.17. The van der Waals surface area contributed by atoms with Crippen LogP contribution in [0.3, 0.4) is 0 Å². The monoisotopic (exact) mass is 476 g/mol. The van der Waals surface area contributed by atoms with Gasteiger partial charge in [-0.15, -0.1) is 0 Å². The van der Waals surface area contributed by atoms with Crippen LogP contribution in [0.2, 0.25) is 0 Å². The smallest absolute Gasteiger partial charge is 0.263 e. The first-order valence-electron chi connectivity index (χ1n) is 12.7. The molecule has 0 radical (unpaired) electrons. The van der Waals surface area contributed by atoms with Gasteiger partial charge in [0, 0.05) is 31.7 Å². The van der Waals surface area contributed by atoms with Crippen molar-refractivity contribution in [1.82, 2.24) is 15.1 Å². The summed E-state index contributed by atoms with van der Waals surface area (Å²) in [5, 5.41) is 2.83. The Hall–Kier alpha value is -3.19. The highest BCUT2D eigenvalue weighted by Crippen LogP contribution is 2.39. The highest BCUT2D eigenvalue weighted by molar-refractivity contribution is 5.99. The lowest BCUT2D eigenvalue weighted by atomic mass is 9.83. The molecule has 7 nitrogen and oxygen atoms in total. The Kier molecular flexibility index (Phi) is 8.18. The van der Waals surface area contributed by atoms with Crippen molar-refractivity contribution in [2.75, 3.05) is 26.2 Å². The van der Waals surface area contributed by atoms with Crippen LogP contribution in [0.4, 0.5) is 0 Å². The van der Waals surface area contributed by atoms with E-state index in [1.807, 2.05) is 49.4 Å². The van der Waals surface area contributed by atoms with Crippen molar-refractivity contribution in [2.45, 2.75) is 51.1 Å². The van der Waals surface area contributed by atoms with E-state index in [0.29, 0.717) is 25.1 Å². The normalized spacial score (nSPS) is 19.4. The van der Waals surface area contributed by atoms with Crippen molar-refractivity contribution < 1.29 is 14.4 Å². The highest BCUT2D eigenvalue weighted by atomic mass is 16.2. The summed E-state index contributed by atoms with van der Waals surface area (Å²) >= 11 is 0. The van der Waals surface area contributed by atoms with Gasteiger partial charge in [0.15, 0.2) is 6.17 Å². The molecule has 3 N–H and O–H groups in total. The van der Waals surface area contributed by atoms with Gasteiger partial charge in [0.2, 0.25) is 5.91 Å². The molecular weight excluding hydrogens is 440 g/mol. The second kappa shape index (κ2) is 11.5. The van der Waals surface area contributed by atoms with Gasteiger partial charge in [0.25, 0.3) is 11.8 Å². The molecule has 3 amide bonds. The molecule has 2 unspecified atom stereocenters. The van der Waals surface area contributed by atoms with E-state index in [1.54, 1.807) is 21.9 Å². The number of carbonyl (C=O) groups is 3. The van der Waals surface area contributed by atoms with Crippen LogP contribution in [0, 0.1) is 12.8 Å². The van der Waals surface area contributed by atoms with E-state index in [1.165, 1.54) is 0 Å². The number of nitrogens with two attached hydrogens (primary N) is 1. The van der Waals surface area contributed by atoms with Crippen LogP contribution >= 0.6 is 0 Å². The van der Waals surface area contributed by atoms with Gasteiger partial charge in [-0.3, -0.25) is 14.4 Å². The quantitative estimate of drug-likeness (QED) is 0.642. The van der Waals surface area contributed by atoms with Gasteiger partial charge in [-0.05, 0) is 49.8 Å². The molecule has 1 saturated carbocycles. The first-order chi connectivity index (χ1) is 17.0. The third kappa shape index (κ3) is 5.56. The zero-order valence-electron chi connectivity index (χ0n) is 20.5. The lowest BCUT2D eigenvalue weighted by Crippen LogP contribution is -2.64. The standard InChI is InChI=1S/C28H36N4O3/c1-20-12-14-23(15-13-20)27(34)31-18-7-19-32(26(31)25(33)30-17-16-29)28(35)24(22-10-5-6-11-22)21-8-3-2-4-9-21/h2-4,8-9,12-15,22,24,26H,5-7,10-11,16-19,29H2,1H3,(H,30,33). The molecule has 0 aromatic heterocycles. The van der Waals surface area contributed by atoms with Gasteiger partial charge < -0.3 is 20.9 Å². The van der Waals surface area contributed by atoms with Crippen LogP contribution in [0.25, 0.3) is 0 Å². The van der Waals surface area contributed by atoms with Gasteiger partial charge in [0.05, 0.1) is 5.92 Å². The van der Waals surface area contributed by atoms with E-state index in [0.717, 1.165) is 36.8 Å². The maximum atomic E-state index is 14.2. The number of aryl methyl sites for hydroxylation is 1. The second-order valence-corrected chi connectivity index (χ2v) is 9.64. The summed E-state index contributed by atoms with van der Waals surface area (Å²) in [6, 6.07) is 17.2. The van der Waals surface area contributed by atoms with Crippen molar-refractivity contribution in [3.8, 4) is 0 Å². The maximum absolute atomic E-state index is 14.2. The maximum Gasteiger partial charge on any atom is 0.263 e. The molecule has 4 rings (SSSR count). The molecule has 1 aliphatic carbocycles. The molecule has 7 heteroatoms. The Balaban J connectivity index is 1.68. The summed E-state index contributed by atoms with van der Waals surface area (Å²) in [6.07, 6.45) is 3.84. The van der Waals surface area contributed by atoms with Crippen LogP contribution in [0.5, 0.6) is 0 Å². The summed E-state index contributed by atoms with van der Waals surface area (Å²) < 4.78 is 0. The summed E-state index contributed by atoms with van der Waals surface area (Å²) in [7, 11) is 0. The fraction of sp³-hybridized carbons (Fsp3) is 0.464. The highest BCUT2D eigenvalue weighted by Gasteiger charge is 2.44. The lowest BCUT2D eigenvalue weighted by molar-refractivity contribution is -0.151. The number of carbonyl (C=O) groups excluding carboxylic acids is 3. The van der Waals surface area contributed by atoms with E-state index >= 15 is 0 Å². The Labute approximate surface area is 207 Å². The first-order valence-corrected chi connectivity index (χ1v) is 12.7. The van der Waals surface area contributed by atoms with Crippen molar-refractivity contribution in [1.29, 1.82) is 0 Å². The van der Waals surface area contributed by atoms with E-state index in [9.17, 15) is 14.4 Å². The summed E-state index contributed by atoms with van der Waals surface area (Å²) in [5.74, 6) is -0.758. The topological polar surface area (TPSA) is 95.7 Å². The molecule has 35 heavy (non-hydrogen) atoms. The van der Waals surface area contributed by atoms with Gasteiger partial charge in [-0.1, -0.05) is 60.9 Å². The Bertz CT molecular complexity index is 1020.